The van der Waals surface area contributed by atoms with Crippen LogP contribution in [0.5, 0.6) is 0 Å². The summed E-state index contributed by atoms with van der Waals surface area (Å²) < 4.78 is 0. The first-order valence-electron chi connectivity index (χ1n) is 5.06. The van der Waals surface area contributed by atoms with E-state index < -0.39 is 0 Å². The van der Waals surface area contributed by atoms with Gasteiger partial charge in [0.25, 0.3) is 0 Å². The second kappa shape index (κ2) is 5.49. The summed E-state index contributed by atoms with van der Waals surface area (Å²) in [5.74, 6) is 0. The number of thiophene rings is 1. The Labute approximate surface area is 90.7 Å². The minimum Gasteiger partial charge on any atom is -0.328 e. The van der Waals surface area contributed by atoms with Gasteiger partial charge < -0.3 is 10.6 Å². The first-order valence-corrected chi connectivity index (χ1v) is 5.94. The Balaban J connectivity index is 2.34. The van der Waals surface area contributed by atoms with Crippen molar-refractivity contribution in [3.8, 4) is 0 Å². The molecule has 0 radical (unpaired) electrons. The van der Waals surface area contributed by atoms with Gasteiger partial charge in [0.2, 0.25) is 0 Å². The Kier molecular flexibility index (Phi) is 4.58. The summed E-state index contributed by atoms with van der Waals surface area (Å²) >= 11 is 1.84. The molecule has 0 aromatic carbocycles. The van der Waals surface area contributed by atoms with Crippen LogP contribution in [-0.4, -0.2) is 24.5 Å². The Morgan fingerprint density at radius 3 is 2.79 bits per heavy atom. The van der Waals surface area contributed by atoms with Gasteiger partial charge in [0.1, 0.15) is 0 Å². The Bertz CT molecular complexity index is 268. The predicted octanol–water partition coefficient (Wildman–Crippen LogP) is 2.23. The first kappa shape index (κ1) is 11.7. The number of rotatable bonds is 5. The Morgan fingerprint density at radius 1 is 1.57 bits per heavy atom. The number of nitrogens with two attached hydrogens (primary N) is 1. The van der Waals surface area contributed by atoms with Crippen molar-refractivity contribution in [1.29, 1.82) is 0 Å². The minimum atomic E-state index is 0.307. The molecule has 0 spiro atoms. The molecular formula is C11H20N2S. The molecule has 1 heterocycles. The van der Waals surface area contributed by atoms with Gasteiger partial charge in [-0.3, -0.25) is 0 Å². The van der Waals surface area contributed by atoms with Crippen molar-refractivity contribution in [2.45, 2.75) is 32.9 Å². The fourth-order valence-electron chi connectivity index (χ4n) is 1.31. The third-order valence-electron chi connectivity index (χ3n) is 2.35. The maximum atomic E-state index is 5.72. The van der Waals surface area contributed by atoms with Gasteiger partial charge in [-0.15, -0.1) is 11.3 Å². The zero-order valence-electron chi connectivity index (χ0n) is 9.29. The SMILES string of the molecule is Cc1ccsc1CN(C)CCC(C)N. The molecule has 0 saturated carbocycles. The molecule has 14 heavy (non-hydrogen) atoms. The van der Waals surface area contributed by atoms with E-state index in [1.54, 1.807) is 0 Å². The molecule has 0 aliphatic rings. The summed E-state index contributed by atoms with van der Waals surface area (Å²) in [5.41, 5.74) is 7.13. The van der Waals surface area contributed by atoms with Gasteiger partial charge in [-0.2, -0.15) is 0 Å². The standard InChI is InChI=1S/C11H20N2S/c1-9-5-7-14-11(9)8-13(3)6-4-10(2)12/h5,7,10H,4,6,8,12H2,1-3H3. The average molecular weight is 212 g/mol. The lowest BCUT2D eigenvalue weighted by molar-refractivity contribution is 0.315. The molecule has 1 rings (SSSR count). The number of hydrogen-bond acceptors (Lipinski definition) is 3. The van der Waals surface area contributed by atoms with Crippen LogP contribution in [0.2, 0.25) is 0 Å². The zero-order valence-corrected chi connectivity index (χ0v) is 10.1. The summed E-state index contributed by atoms with van der Waals surface area (Å²) in [6.45, 7) is 6.36. The highest BCUT2D eigenvalue weighted by molar-refractivity contribution is 7.10. The quantitative estimate of drug-likeness (QED) is 0.811. The van der Waals surface area contributed by atoms with Gasteiger partial charge in [0, 0.05) is 17.5 Å². The van der Waals surface area contributed by atoms with Crippen molar-refractivity contribution < 1.29 is 0 Å². The van der Waals surface area contributed by atoms with Crippen LogP contribution in [-0.2, 0) is 6.54 Å². The van der Waals surface area contributed by atoms with Crippen LogP contribution in [0.15, 0.2) is 11.4 Å². The van der Waals surface area contributed by atoms with Gasteiger partial charge >= 0.3 is 0 Å². The molecule has 0 amide bonds. The van der Waals surface area contributed by atoms with Crippen LogP contribution in [0.25, 0.3) is 0 Å². The van der Waals surface area contributed by atoms with E-state index in [1.165, 1.54) is 10.4 Å². The monoisotopic (exact) mass is 212 g/mol. The van der Waals surface area contributed by atoms with E-state index in [0.717, 1.165) is 19.5 Å². The Morgan fingerprint density at radius 2 is 2.29 bits per heavy atom. The predicted molar refractivity (Wildman–Crippen MR) is 63.7 cm³/mol. The third-order valence-corrected chi connectivity index (χ3v) is 3.36. The summed E-state index contributed by atoms with van der Waals surface area (Å²) in [6, 6.07) is 2.49. The molecule has 0 fully saturated rings. The van der Waals surface area contributed by atoms with E-state index in [2.05, 4.69) is 37.2 Å². The van der Waals surface area contributed by atoms with Crippen LogP contribution < -0.4 is 5.73 Å². The smallest absolute Gasteiger partial charge is 0.0327 e. The summed E-state index contributed by atoms with van der Waals surface area (Å²) in [7, 11) is 2.15. The van der Waals surface area contributed by atoms with Crippen LogP contribution in [0.1, 0.15) is 23.8 Å². The van der Waals surface area contributed by atoms with Gasteiger partial charge in [-0.25, -0.2) is 0 Å². The van der Waals surface area contributed by atoms with Gasteiger partial charge in [-0.1, -0.05) is 0 Å². The molecule has 0 aliphatic carbocycles. The van der Waals surface area contributed by atoms with Crippen LogP contribution in [0.4, 0.5) is 0 Å². The molecule has 0 saturated heterocycles. The second-order valence-corrected chi connectivity index (χ2v) is 5.03. The lowest BCUT2D eigenvalue weighted by atomic mass is 10.2. The van der Waals surface area contributed by atoms with Crippen molar-refractivity contribution >= 4 is 11.3 Å². The van der Waals surface area contributed by atoms with Crippen LogP contribution in [0.3, 0.4) is 0 Å². The summed E-state index contributed by atoms with van der Waals surface area (Å²) in [5, 5.41) is 2.16. The molecule has 2 nitrogen and oxygen atoms in total. The summed E-state index contributed by atoms with van der Waals surface area (Å²) in [6.07, 6.45) is 1.07. The van der Waals surface area contributed by atoms with Crippen molar-refractivity contribution in [1.82, 2.24) is 4.90 Å². The number of aryl methyl sites for hydroxylation is 1. The largest absolute Gasteiger partial charge is 0.328 e. The topological polar surface area (TPSA) is 29.3 Å². The summed E-state index contributed by atoms with van der Waals surface area (Å²) in [4.78, 5) is 3.81. The van der Waals surface area contributed by atoms with E-state index in [0.29, 0.717) is 6.04 Å². The Hall–Kier alpha value is -0.380. The van der Waals surface area contributed by atoms with E-state index in [4.69, 9.17) is 5.73 Å². The van der Waals surface area contributed by atoms with Crippen LogP contribution in [0, 0.1) is 6.92 Å². The fourth-order valence-corrected chi connectivity index (χ4v) is 2.30. The van der Waals surface area contributed by atoms with Crippen molar-refractivity contribution in [3.05, 3.63) is 21.9 Å². The molecule has 1 aromatic rings. The molecule has 0 bridgehead atoms. The molecular weight excluding hydrogens is 192 g/mol. The lowest BCUT2D eigenvalue weighted by Crippen LogP contribution is -2.25. The molecule has 1 unspecified atom stereocenters. The van der Waals surface area contributed by atoms with Crippen molar-refractivity contribution in [2.75, 3.05) is 13.6 Å². The van der Waals surface area contributed by atoms with E-state index in [9.17, 15) is 0 Å². The number of hydrogen-bond donors (Lipinski definition) is 1. The zero-order chi connectivity index (χ0) is 10.6. The first-order chi connectivity index (χ1) is 6.59. The highest BCUT2D eigenvalue weighted by Crippen LogP contribution is 2.17. The van der Waals surface area contributed by atoms with E-state index in [-0.39, 0.29) is 0 Å². The average Bonchev–Trinajstić information content (AvgIpc) is 2.49. The van der Waals surface area contributed by atoms with Gasteiger partial charge in [0.05, 0.1) is 0 Å². The van der Waals surface area contributed by atoms with E-state index in [1.807, 2.05) is 11.3 Å². The molecule has 3 heteroatoms. The molecule has 1 aromatic heterocycles. The van der Waals surface area contributed by atoms with Crippen LogP contribution >= 0.6 is 11.3 Å². The molecule has 0 aliphatic heterocycles. The maximum absolute atomic E-state index is 5.72. The normalized spacial score (nSPS) is 13.5. The van der Waals surface area contributed by atoms with Crippen molar-refractivity contribution in [3.63, 3.8) is 0 Å². The molecule has 1 atom stereocenters. The third kappa shape index (κ3) is 3.78. The molecule has 2 N–H and O–H groups in total. The number of nitrogens with zero attached hydrogens (tertiary/aromatic N) is 1. The highest BCUT2D eigenvalue weighted by atomic mass is 32.1. The van der Waals surface area contributed by atoms with Gasteiger partial charge in [-0.05, 0) is 50.9 Å². The fraction of sp³-hybridized carbons (Fsp3) is 0.636. The molecule has 80 valence electrons. The minimum absolute atomic E-state index is 0.307. The second-order valence-electron chi connectivity index (χ2n) is 4.03. The van der Waals surface area contributed by atoms with Crippen molar-refractivity contribution in [2.24, 2.45) is 5.73 Å². The lowest BCUT2D eigenvalue weighted by Gasteiger charge is -2.17. The maximum Gasteiger partial charge on any atom is 0.0327 e. The highest BCUT2D eigenvalue weighted by Gasteiger charge is 2.04. The van der Waals surface area contributed by atoms with Gasteiger partial charge in [0.15, 0.2) is 0 Å². The van der Waals surface area contributed by atoms with E-state index >= 15 is 0 Å².